The Balaban J connectivity index is 1.60. The van der Waals surface area contributed by atoms with Gasteiger partial charge in [-0.1, -0.05) is 24.3 Å². The summed E-state index contributed by atoms with van der Waals surface area (Å²) < 4.78 is 19.4. The van der Waals surface area contributed by atoms with Crippen molar-refractivity contribution in [1.29, 1.82) is 5.26 Å². The highest BCUT2D eigenvalue weighted by molar-refractivity contribution is 5.77. The number of benzene rings is 2. The molecule has 122 valence electrons. The first-order valence-electron chi connectivity index (χ1n) is 7.84. The number of halogens is 1. The van der Waals surface area contributed by atoms with Gasteiger partial charge in [0, 0.05) is 18.5 Å². The van der Waals surface area contributed by atoms with Gasteiger partial charge in [-0.15, -0.1) is 0 Å². The molecule has 0 fully saturated rings. The van der Waals surface area contributed by atoms with E-state index in [4.69, 9.17) is 10.00 Å². The first kappa shape index (κ1) is 16.0. The Labute approximate surface area is 139 Å². The third-order valence-corrected chi connectivity index (χ3v) is 4.17. The minimum Gasteiger partial charge on any atom is -0.493 e. The molecule has 2 aromatic rings. The predicted octanol–water partition coefficient (Wildman–Crippen LogP) is 3.27. The Morgan fingerprint density at radius 1 is 1.33 bits per heavy atom. The van der Waals surface area contributed by atoms with Crippen molar-refractivity contribution >= 4 is 5.91 Å². The maximum atomic E-state index is 13.8. The second-order valence-corrected chi connectivity index (χ2v) is 5.77. The number of ether oxygens (including phenoxy) is 1. The fourth-order valence-electron chi connectivity index (χ4n) is 2.88. The van der Waals surface area contributed by atoms with E-state index in [1.807, 2.05) is 30.3 Å². The molecular formula is C19H17FN2O2. The Bertz CT molecular complexity index is 798. The second-order valence-electron chi connectivity index (χ2n) is 5.77. The van der Waals surface area contributed by atoms with E-state index in [1.165, 1.54) is 12.1 Å². The van der Waals surface area contributed by atoms with Crippen molar-refractivity contribution in [3.8, 4) is 11.8 Å². The van der Waals surface area contributed by atoms with Crippen molar-refractivity contribution in [3.63, 3.8) is 0 Å². The maximum absolute atomic E-state index is 13.8. The molecule has 5 heteroatoms. The number of nitrogens with one attached hydrogen (secondary N) is 1. The van der Waals surface area contributed by atoms with Gasteiger partial charge >= 0.3 is 0 Å². The van der Waals surface area contributed by atoms with Gasteiger partial charge in [0.2, 0.25) is 5.91 Å². The molecule has 1 N–H and O–H groups in total. The largest absolute Gasteiger partial charge is 0.493 e. The zero-order valence-electron chi connectivity index (χ0n) is 13.1. The smallest absolute Gasteiger partial charge is 0.220 e. The summed E-state index contributed by atoms with van der Waals surface area (Å²) in [7, 11) is 0. The average molecular weight is 324 g/mol. The molecular weight excluding hydrogens is 307 g/mol. The van der Waals surface area contributed by atoms with Gasteiger partial charge in [-0.3, -0.25) is 4.79 Å². The molecule has 0 aliphatic carbocycles. The number of amides is 1. The molecule has 2 aromatic carbocycles. The number of hydrogen-bond donors (Lipinski definition) is 1. The molecule has 4 nitrogen and oxygen atoms in total. The summed E-state index contributed by atoms with van der Waals surface area (Å²) in [5.41, 5.74) is 1.68. The monoisotopic (exact) mass is 324 g/mol. The van der Waals surface area contributed by atoms with Crippen LogP contribution in [0.1, 0.15) is 35.4 Å². The SMILES string of the molecule is N#Cc1ccc(CNC(=O)CC2CCOc3ccccc32)c(F)c1. The van der Waals surface area contributed by atoms with Crippen molar-refractivity contribution in [2.75, 3.05) is 6.61 Å². The average Bonchev–Trinajstić information content (AvgIpc) is 2.61. The quantitative estimate of drug-likeness (QED) is 0.939. The van der Waals surface area contributed by atoms with Crippen LogP contribution in [0.15, 0.2) is 42.5 Å². The van der Waals surface area contributed by atoms with Crippen molar-refractivity contribution in [1.82, 2.24) is 5.32 Å². The highest BCUT2D eigenvalue weighted by Crippen LogP contribution is 2.35. The van der Waals surface area contributed by atoms with Crippen LogP contribution in [0.5, 0.6) is 5.75 Å². The van der Waals surface area contributed by atoms with Gasteiger partial charge in [-0.25, -0.2) is 4.39 Å². The van der Waals surface area contributed by atoms with Crippen LogP contribution in [0.2, 0.25) is 0 Å². The lowest BCUT2D eigenvalue weighted by Gasteiger charge is -2.25. The van der Waals surface area contributed by atoms with E-state index in [9.17, 15) is 9.18 Å². The summed E-state index contributed by atoms with van der Waals surface area (Å²) in [6.07, 6.45) is 1.13. The summed E-state index contributed by atoms with van der Waals surface area (Å²) in [6, 6.07) is 13.9. The number of rotatable bonds is 4. The summed E-state index contributed by atoms with van der Waals surface area (Å²) in [6.45, 7) is 0.709. The number of para-hydroxylation sites is 1. The van der Waals surface area contributed by atoms with Gasteiger partial charge < -0.3 is 10.1 Å². The van der Waals surface area contributed by atoms with E-state index in [0.717, 1.165) is 17.7 Å². The van der Waals surface area contributed by atoms with Crippen LogP contribution in [0.25, 0.3) is 0 Å². The van der Waals surface area contributed by atoms with Gasteiger partial charge in [0.15, 0.2) is 0 Å². The van der Waals surface area contributed by atoms with Crippen molar-refractivity contribution < 1.29 is 13.9 Å². The number of nitriles is 1. The Morgan fingerprint density at radius 3 is 2.96 bits per heavy atom. The minimum absolute atomic E-state index is 0.112. The lowest BCUT2D eigenvalue weighted by molar-refractivity contribution is -0.121. The van der Waals surface area contributed by atoms with Gasteiger partial charge in [-0.2, -0.15) is 5.26 Å². The fraction of sp³-hybridized carbons (Fsp3) is 0.263. The summed E-state index contributed by atoms with van der Waals surface area (Å²) >= 11 is 0. The lowest BCUT2D eigenvalue weighted by Crippen LogP contribution is -2.26. The highest BCUT2D eigenvalue weighted by Gasteiger charge is 2.23. The lowest BCUT2D eigenvalue weighted by atomic mass is 9.90. The molecule has 1 heterocycles. The highest BCUT2D eigenvalue weighted by atomic mass is 19.1. The predicted molar refractivity (Wildman–Crippen MR) is 86.9 cm³/mol. The summed E-state index contributed by atoms with van der Waals surface area (Å²) in [5, 5.41) is 11.5. The maximum Gasteiger partial charge on any atom is 0.220 e. The zero-order valence-corrected chi connectivity index (χ0v) is 13.1. The third-order valence-electron chi connectivity index (χ3n) is 4.17. The second kappa shape index (κ2) is 7.14. The molecule has 0 bridgehead atoms. The molecule has 24 heavy (non-hydrogen) atoms. The Morgan fingerprint density at radius 2 is 2.17 bits per heavy atom. The molecule has 0 saturated carbocycles. The fourth-order valence-corrected chi connectivity index (χ4v) is 2.88. The number of nitrogens with zero attached hydrogens (tertiary/aromatic N) is 1. The number of fused-ring (bicyclic) bond motifs is 1. The molecule has 0 saturated heterocycles. The molecule has 1 aliphatic heterocycles. The van der Waals surface area contributed by atoms with Gasteiger partial charge in [0.05, 0.1) is 18.2 Å². The van der Waals surface area contributed by atoms with E-state index >= 15 is 0 Å². The molecule has 1 atom stereocenters. The van der Waals surface area contributed by atoms with E-state index < -0.39 is 5.82 Å². The summed E-state index contributed by atoms with van der Waals surface area (Å²) in [4.78, 5) is 12.2. The normalized spacial score (nSPS) is 15.8. The van der Waals surface area contributed by atoms with Gasteiger partial charge in [0.25, 0.3) is 0 Å². The molecule has 1 amide bonds. The van der Waals surface area contributed by atoms with Crippen LogP contribution in [0, 0.1) is 17.1 Å². The summed E-state index contributed by atoms with van der Waals surface area (Å²) in [5.74, 6) is 0.340. The van der Waals surface area contributed by atoms with Crippen LogP contribution in [0.4, 0.5) is 4.39 Å². The van der Waals surface area contributed by atoms with Crippen molar-refractivity contribution in [2.24, 2.45) is 0 Å². The van der Waals surface area contributed by atoms with Gasteiger partial charge in [0.1, 0.15) is 11.6 Å². The Hall–Kier alpha value is -2.87. The first-order valence-corrected chi connectivity index (χ1v) is 7.84. The van der Waals surface area contributed by atoms with Crippen molar-refractivity contribution in [2.45, 2.75) is 25.3 Å². The first-order chi connectivity index (χ1) is 11.7. The van der Waals surface area contributed by atoms with E-state index in [2.05, 4.69) is 5.32 Å². The molecule has 0 aromatic heterocycles. The topological polar surface area (TPSA) is 62.1 Å². The van der Waals surface area contributed by atoms with Gasteiger partial charge in [-0.05, 0) is 36.1 Å². The van der Waals surface area contributed by atoms with Crippen LogP contribution < -0.4 is 10.1 Å². The van der Waals surface area contributed by atoms with Crippen LogP contribution >= 0.6 is 0 Å². The minimum atomic E-state index is -0.481. The van der Waals surface area contributed by atoms with Crippen LogP contribution in [-0.4, -0.2) is 12.5 Å². The van der Waals surface area contributed by atoms with Crippen LogP contribution in [0.3, 0.4) is 0 Å². The van der Waals surface area contributed by atoms with E-state index in [0.29, 0.717) is 18.6 Å². The number of carbonyl (C=O) groups excluding carboxylic acids is 1. The Kier molecular flexibility index (Phi) is 4.76. The standard InChI is InChI=1S/C19H17FN2O2/c20-17-9-13(11-21)5-6-15(17)12-22-19(23)10-14-7-8-24-18-4-2-1-3-16(14)18/h1-6,9,14H,7-8,10,12H2,(H,22,23). The molecule has 0 spiro atoms. The van der Waals surface area contributed by atoms with Crippen molar-refractivity contribution in [3.05, 3.63) is 65.0 Å². The van der Waals surface area contributed by atoms with E-state index in [-0.39, 0.29) is 23.9 Å². The molecule has 0 radical (unpaired) electrons. The third kappa shape index (κ3) is 3.54. The zero-order chi connectivity index (χ0) is 16.9. The van der Waals surface area contributed by atoms with Crippen LogP contribution in [-0.2, 0) is 11.3 Å². The molecule has 1 aliphatic rings. The molecule has 3 rings (SSSR count). The van der Waals surface area contributed by atoms with E-state index in [1.54, 1.807) is 6.07 Å². The number of hydrogen-bond acceptors (Lipinski definition) is 3. The molecule has 1 unspecified atom stereocenters. The number of carbonyl (C=O) groups is 1.